The molecule has 0 fully saturated rings. The van der Waals surface area contributed by atoms with Crippen molar-refractivity contribution >= 4 is 19.8 Å². The van der Waals surface area contributed by atoms with Gasteiger partial charge < -0.3 is 20.1 Å². The van der Waals surface area contributed by atoms with E-state index in [4.69, 9.17) is 24.3 Å². The summed E-state index contributed by atoms with van der Waals surface area (Å²) in [7, 11) is -4.39. The second-order valence-electron chi connectivity index (χ2n) is 12.0. The minimum atomic E-state index is -4.39. The van der Waals surface area contributed by atoms with Gasteiger partial charge in [0.1, 0.15) is 6.61 Å². The molecule has 51 heavy (non-hydrogen) atoms. The molecule has 0 spiro atoms. The van der Waals surface area contributed by atoms with E-state index in [0.717, 1.165) is 89.9 Å². The number of esters is 2. The van der Waals surface area contributed by atoms with Crippen LogP contribution in [0.2, 0.25) is 0 Å². The molecule has 0 aliphatic heterocycles. The summed E-state index contributed by atoms with van der Waals surface area (Å²) in [6, 6.07) is 0. The third kappa shape index (κ3) is 36.8. The van der Waals surface area contributed by atoms with Gasteiger partial charge in [-0.1, -0.05) is 118 Å². The molecule has 0 aromatic rings. The second-order valence-corrected chi connectivity index (χ2v) is 13.5. The van der Waals surface area contributed by atoms with E-state index in [2.05, 4.69) is 98.9 Å². The van der Waals surface area contributed by atoms with E-state index in [9.17, 15) is 19.0 Å². The summed E-state index contributed by atoms with van der Waals surface area (Å²) in [4.78, 5) is 34.7. The number of hydrogen-bond acceptors (Lipinski definition) is 8. The highest BCUT2D eigenvalue weighted by atomic mass is 31.2. The van der Waals surface area contributed by atoms with E-state index >= 15 is 0 Å². The van der Waals surface area contributed by atoms with E-state index in [-0.39, 0.29) is 32.6 Å². The van der Waals surface area contributed by atoms with Gasteiger partial charge in [-0.3, -0.25) is 18.6 Å². The van der Waals surface area contributed by atoms with Gasteiger partial charge in [-0.2, -0.15) is 0 Å². The first-order chi connectivity index (χ1) is 24.8. The SMILES string of the molecule is CC/C=C\C/C=C\C/C=C\C/C=C\CCCCCCC(=O)OC(COC(=O)CCCCC/C=C\C/C=C\C/C=C\CC)COP(=O)(O)OCCN. The van der Waals surface area contributed by atoms with Crippen molar-refractivity contribution in [2.24, 2.45) is 5.73 Å². The van der Waals surface area contributed by atoms with Crippen LogP contribution in [0.5, 0.6) is 0 Å². The lowest BCUT2D eigenvalue weighted by Crippen LogP contribution is -2.29. The zero-order valence-corrected chi connectivity index (χ0v) is 32.4. The average molecular weight is 734 g/mol. The molecule has 0 rings (SSSR count). The zero-order chi connectivity index (χ0) is 37.5. The Labute approximate surface area is 309 Å². The van der Waals surface area contributed by atoms with Crippen LogP contribution in [0.4, 0.5) is 0 Å². The molecule has 2 unspecified atom stereocenters. The highest BCUT2D eigenvalue weighted by molar-refractivity contribution is 7.47. The van der Waals surface area contributed by atoms with Crippen molar-refractivity contribution in [1.82, 2.24) is 0 Å². The molecule has 10 heteroatoms. The minimum absolute atomic E-state index is 0.0399. The Morgan fingerprint density at radius 2 is 1.02 bits per heavy atom. The highest BCUT2D eigenvalue weighted by Crippen LogP contribution is 2.43. The van der Waals surface area contributed by atoms with Gasteiger partial charge in [0.15, 0.2) is 6.10 Å². The summed E-state index contributed by atoms with van der Waals surface area (Å²) in [5, 5.41) is 0. The zero-order valence-electron chi connectivity index (χ0n) is 31.5. The quantitative estimate of drug-likeness (QED) is 0.0287. The van der Waals surface area contributed by atoms with Crippen molar-refractivity contribution in [3.05, 3.63) is 85.1 Å². The lowest BCUT2D eigenvalue weighted by atomic mass is 10.1. The molecule has 0 aliphatic carbocycles. The fourth-order valence-electron chi connectivity index (χ4n) is 4.52. The van der Waals surface area contributed by atoms with Crippen molar-refractivity contribution in [1.29, 1.82) is 0 Å². The number of phosphoric acid groups is 1. The maximum absolute atomic E-state index is 12.5. The van der Waals surface area contributed by atoms with Crippen molar-refractivity contribution in [3.63, 3.8) is 0 Å². The Morgan fingerprint density at radius 3 is 1.51 bits per heavy atom. The Bertz CT molecular complexity index is 1110. The van der Waals surface area contributed by atoms with Crippen LogP contribution in [0.25, 0.3) is 0 Å². The van der Waals surface area contributed by atoms with Gasteiger partial charge in [0.05, 0.1) is 13.2 Å². The molecule has 0 aliphatic rings. The van der Waals surface area contributed by atoms with E-state index in [1.165, 1.54) is 0 Å². The Hall–Kier alpha value is -2.81. The molecule has 3 N–H and O–H groups in total. The number of carbonyl (C=O) groups is 2. The molecule has 0 saturated carbocycles. The van der Waals surface area contributed by atoms with Gasteiger partial charge in [-0.25, -0.2) is 4.57 Å². The third-order valence-electron chi connectivity index (χ3n) is 7.28. The van der Waals surface area contributed by atoms with Crippen LogP contribution in [0.1, 0.15) is 129 Å². The lowest BCUT2D eigenvalue weighted by molar-refractivity contribution is -0.161. The van der Waals surface area contributed by atoms with Crippen LogP contribution in [0, 0.1) is 0 Å². The fourth-order valence-corrected chi connectivity index (χ4v) is 5.28. The van der Waals surface area contributed by atoms with E-state index in [0.29, 0.717) is 12.8 Å². The van der Waals surface area contributed by atoms with E-state index in [1.807, 2.05) is 0 Å². The van der Waals surface area contributed by atoms with Gasteiger partial charge in [0.25, 0.3) is 0 Å². The minimum Gasteiger partial charge on any atom is -0.462 e. The molecule has 0 amide bonds. The molecule has 290 valence electrons. The van der Waals surface area contributed by atoms with Gasteiger partial charge in [-0.15, -0.1) is 0 Å². The molecular weight excluding hydrogens is 665 g/mol. The molecule has 9 nitrogen and oxygen atoms in total. The molecule has 0 saturated heterocycles. The number of phosphoric ester groups is 1. The highest BCUT2D eigenvalue weighted by Gasteiger charge is 2.25. The number of carbonyl (C=O) groups excluding carboxylic acids is 2. The molecular formula is C41H68NO8P. The smallest absolute Gasteiger partial charge is 0.462 e. The summed E-state index contributed by atoms with van der Waals surface area (Å²) >= 11 is 0. The maximum Gasteiger partial charge on any atom is 0.472 e. The van der Waals surface area contributed by atoms with E-state index < -0.39 is 32.5 Å². The summed E-state index contributed by atoms with van der Waals surface area (Å²) in [6.45, 7) is 3.40. The van der Waals surface area contributed by atoms with Crippen LogP contribution >= 0.6 is 7.82 Å². The van der Waals surface area contributed by atoms with Gasteiger partial charge in [-0.05, 0) is 83.5 Å². The Kier molecular flexibility index (Phi) is 34.9. The van der Waals surface area contributed by atoms with Gasteiger partial charge in [0.2, 0.25) is 0 Å². The molecule has 0 aromatic carbocycles. The molecule has 0 aromatic heterocycles. The summed E-state index contributed by atoms with van der Waals surface area (Å²) in [5.41, 5.74) is 5.33. The van der Waals surface area contributed by atoms with Crippen LogP contribution in [-0.4, -0.2) is 49.3 Å². The predicted octanol–water partition coefficient (Wildman–Crippen LogP) is 10.5. The summed E-state index contributed by atoms with van der Waals surface area (Å²) in [6.07, 6.45) is 44.7. The number of rotatable bonds is 34. The average Bonchev–Trinajstić information content (AvgIpc) is 3.11. The Morgan fingerprint density at radius 1 is 0.588 bits per heavy atom. The van der Waals surface area contributed by atoms with Gasteiger partial charge >= 0.3 is 19.8 Å². The largest absolute Gasteiger partial charge is 0.472 e. The topological polar surface area (TPSA) is 134 Å². The maximum atomic E-state index is 12.5. The lowest BCUT2D eigenvalue weighted by Gasteiger charge is -2.19. The van der Waals surface area contributed by atoms with Crippen LogP contribution in [0.15, 0.2) is 85.1 Å². The van der Waals surface area contributed by atoms with Crippen LogP contribution in [-0.2, 0) is 32.7 Å². The first kappa shape index (κ1) is 48.2. The summed E-state index contributed by atoms with van der Waals surface area (Å²) < 4.78 is 32.6. The molecule has 0 radical (unpaired) electrons. The fraction of sp³-hybridized carbons (Fsp3) is 0.610. The molecule has 2 atom stereocenters. The number of unbranched alkanes of at least 4 members (excludes halogenated alkanes) is 7. The van der Waals surface area contributed by atoms with Gasteiger partial charge in [0, 0.05) is 19.4 Å². The normalized spacial score (nSPS) is 14.4. The first-order valence-corrected chi connectivity index (χ1v) is 20.6. The number of allylic oxidation sites excluding steroid dienone is 14. The molecule has 0 bridgehead atoms. The number of ether oxygens (including phenoxy) is 2. The van der Waals surface area contributed by atoms with Crippen molar-refractivity contribution in [2.75, 3.05) is 26.4 Å². The standard InChI is InChI=1S/C41H68NO8P/c1-3-5-7-9-11-13-15-17-18-19-20-22-24-26-28-30-32-34-41(44)50-39(38-49-51(45,46)48-36-35-42)37-47-40(43)33-31-29-27-25-23-21-16-14-12-10-8-6-4-2/h5-8,11-14,17-18,20-23,39H,3-4,9-10,15-16,19,24-38,42H2,1-2H3,(H,45,46)/b7-5-,8-6-,13-11-,14-12-,18-17-,22-20-,23-21-. The van der Waals surface area contributed by atoms with Crippen molar-refractivity contribution in [2.45, 2.75) is 136 Å². The second kappa shape index (κ2) is 37.0. The number of hydrogen-bond donors (Lipinski definition) is 2. The third-order valence-corrected chi connectivity index (χ3v) is 8.26. The molecule has 0 heterocycles. The predicted molar refractivity (Wildman–Crippen MR) is 210 cm³/mol. The monoisotopic (exact) mass is 733 g/mol. The Balaban J connectivity index is 4.34. The van der Waals surface area contributed by atoms with Crippen molar-refractivity contribution < 1.29 is 37.6 Å². The van der Waals surface area contributed by atoms with Crippen LogP contribution < -0.4 is 5.73 Å². The summed E-state index contributed by atoms with van der Waals surface area (Å²) in [5.74, 6) is -0.903. The van der Waals surface area contributed by atoms with E-state index in [1.54, 1.807) is 0 Å². The first-order valence-electron chi connectivity index (χ1n) is 19.1. The number of nitrogens with two attached hydrogens (primary N) is 1. The van der Waals surface area contributed by atoms with Crippen molar-refractivity contribution in [3.8, 4) is 0 Å². The van der Waals surface area contributed by atoms with Crippen LogP contribution in [0.3, 0.4) is 0 Å².